The summed E-state index contributed by atoms with van der Waals surface area (Å²) in [4.78, 5) is 12.4. The summed E-state index contributed by atoms with van der Waals surface area (Å²) in [7, 11) is 0. The number of hydrogen-bond donors (Lipinski definition) is 2. The first-order valence-electron chi connectivity index (χ1n) is 6.10. The van der Waals surface area contributed by atoms with E-state index in [1.54, 1.807) is 0 Å². The van der Waals surface area contributed by atoms with Gasteiger partial charge in [0.25, 0.3) is 0 Å². The van der Waals surface area contributed by atoms with Gasteiger partial charge in [-0.3, -0.25) is 4.79 Å². The van der Waals surface area contributed by atoms with Crippen molar-refractivity contribution in [3.8, 4) is 0 Å². The first kappa shape index (κ1) is 14.8. The van der Waals surface area contributed by atoms with Crippen molar-refractivity contribution in [2.45, 2.75) is 12.8 Å². The topological polar surface area (TPSA) is 64.4 Å². The van der Waals surface area contributed by atoms with Crippen molar-refractivity contribution in [2.24, 2.45) is 11.1 Å². The normalized spacial score (nSPS) is 17.5. The number of rotatable bonds is 3. The van der Waals surface area contributed by atoms with E-state index in [1.807, 2.05) is 0 Å². The lowest BCUT2D eigenvalue weighted by molar-refractivity contribution is -0.126. The molecule has 1 saturated heterocycles. The third kappa shape index (κ3) is 2.78. The fraction of sp³-hybridized carbons (Fsp3) is 0.385. The van der Waals surface area contributed by atoms with Crippen LogP contribution < -0.4 is 11.1 Å². The molecule has 0 unspecified atom stereocenters. The average molecular weight is 300 g/mol. The first-order valence-corrected chi connectivity index (χ1v) is 6.51. The van der Waals surface area contributed by atoms with Crippen molar-refractivity contribution < 1.29 is 18.3 Å². The lowest BCUT2D eigenvalue weighted by atomic mass is 9.79. The van der Waals surface area contributed by atoms with E-state index in [0.29, 0.717) is 26.1 Å². The second kappa shape index (κ2) is 5.80. The Morgan fingerprint density at radius 2 is 2.00 bits per heavy atom. The molecule has 1 aliphatic heterocycles. The molecule has 1 aliphatic rings. The van der Waals surface area contributed by atoms with E-state index in [2.05, 4.69) is 5.32 Å². The number of halogens is 2. The number of hydrogen-bond acceptors (Lipinski definition) is 3. The smallest absolute Gasteiger partial charge is 0.237 e. The van der Waals surface area contributed by atoms with Gasteiger partial charge in [-0.15, -0.1) is 0 Å². The fourth-order valence-electron chi connectivity index (χ4n) is 2.14. The molecular formula is C13H14F2N2O2S. The molecule has 3 N–H and O–H groups in total. The van der Waals surface area contributed by atoms with Crippen molar-refractivity contribution in [1.82, 2.24) is 0 Å². The average Bonchev–Trinajstić information content (AvgIpc) is 2.43. The van der Waals surface area contributed by atoms with Gasteiger partial charge in [0.15, 0.2) is 0 Å². The number of thiocarbonyl (C=S) groups is 1. The van der Waals surface area contributed by atoms with E-state index in [1.165, 1.54) is 0 Å². The molecule has 4 nitrogen and oxygen atoms in total. The zero-order chi connectivity index (χ0) is 14.8. The molecule has 1 fully saturated rings. The zero-order valence-corrected chi connectivity index (χ0v) is 11.4. The molecule has 7 heteroatoms. The summed E-state index contributed by atoms with van der Waals surface area (Å²) in [5.41, 5.74) is 4.37. The van der Waals surface area contributed by atoms with Gasteiger partial charge in [0, 0.05) is 19.3 Å². The van der Waals surface area contributed by atoms with Crippen LogP contribution in [0.25, 0.3) is 0 Å². The molecule has 1 aromatic rings. The predicted octanol–water partition coefficient (Wildman–Crippen LogP) is 1.99. The number of carbonyl (C=O) groups excluding carboxylic acids is 1. The van der Waals surface area contributed by atoms with Gasteiger partial charge in [0.05, 0.1) is 10.7 Å². The molecule has 0 aliphatic carbocycles. The van der Waals surface area contributed by atoms with Gasteiger partial charge in [-0.2, -0.15) is 0 Å². The SMILES string of the molecule is NC(=S)C1(C(=O)Nc2cc(F)ccc2F)CCOCC1. The Morgan fingerprint density at radius 3 is 2.60 bits per heavy atom. The van der Waals surface area contributed by atoms with Crippen molar-refractivity contribution in [3.63, 3.8) is 0 Å². The van der Waals surface area contributed by atoms with Crippen LogP contribution in [-0.4, -0.2) is 24.1 Å². The van der Waals surface area contributed by atoms with Crippen LogP contribution in [-0.2, 0) is 9.53 Å². The molecule has 2 rings (SSSR count). The Bertz CT molecular complexity index is 545. The summed E-state index contributed by atoms with van der Waals surface area (Å²) in [5, 5.41) is 2.37. The highest BCUT2D eigenvalue weighted by Gasteiger charge is 2.43. The maximum Gasteiger partial charge on any atom is 0.237 e. The summed E-state index contributed by atoms with van der Waals surface area (Å²) >= 11 is 4.97. The number of nitrogens with two attached hydrogens (primary N) is 1. The molecule has 0 radical (unpaired) electrons. The predicted molar refractivity (Wildman–Crippen MR) is 74.3 cm³/mol. The summed E-state index contributed by atoms with van der Waals surface area (Å²) in [6, 6.07) is 2.84. The summed E-state index contributed by atoms with van der Waals surface area (Å²) in [6.45, 7) is 0.687. The Hall–Kier alpha value is -1.60. The summed E-state index contributed by atoms with van der Waals surface area (Å²) in [5.74, 6) is -1.89. The minimum Gasteiger partial charge on any atom is -0.392 e. The van der Waals surface area contributed by atoms with Gasteiger partial charge in [0.1, 0.15) is 17.0 Å². The van der Waals surface area contributed by atoms with Crippen molar-refractivity contribution in [3.05, 3.63) is 29.8 Å². The van der Waals surface area contributed by atoms with Crippen LogP contribution >= 0.6 is 12.2 Å². The molecule has 1 aromatic carbocycles. The number of nitrogens with one attached hydrogen (secondary N) is 1. The Balaban J connectivity index is 2.25. The van der Waals surface area contributed by atoms with Crippen LogP contribution in [0.2, 0.25) is 0 Å². The van der Waals surface area contributed by atoms with Crippen molar-refractivity contribution >= 4 is 28.8 Å². The van der Waals surface area contributed by atoms with Crippen LogP contribution in [0.5, 0.6) is 0 Å². The van der Waals surface area contributed by atoms with Crippen LogP contribution in [0, 0.1) is 17.0 Å². The van der Waals surface area contributed by atoms with Gasteiger partial charge in [-0.05, 0) is 25.0 Å². The van der Waals surface area contributed by atoms with Crippen LogP contribution in [0.15, 0.2) is 18.2 Å². The first-order chi connectivity index (χ1) is 9.45. The van der Waals surface area contributed by atoms with Crippen LogP contribution in [0.1, 0.15) is 12.8 Å². The molecule has 0 aromatic heterocycles. The number of carbonyl (C=O) groups is 1. The molecule has 0 spiro atoms. The van der Waals surface area contributed by atoms with Gasteiger partial charge in [0.2, 0.25) is 5.91 Å². The standard InChI is InChI=1S/C13H14F2N2O2S/c14-8-1-2-9(15)10(7-8)17-12(18)13(11(16)20)3-5-19-6-4-13/h1-2,7H,3-6H2,(H2,16,20)(H,17,18). The zero-order valence-electron chi connectivity index (χ0n) is 10.6. The van der Waals surface area contributed by atoms with E-state index < -0.39 is 23.0 Å². The molecule has 0 bridgehead atoms. The third-order valence-corrected chi connectivity index (χ3v) is 3.82. The molecule has 1 amide bonds. The maximum absolute atomic E-state index is 13.6. The molecular weight excluding hydrogens is 286 g/mol. The second-order valence-electron chi connectivity index (χ2n) is 4.64. The Kier molecular flexibility index (Phi) is 4.29. The van der Waals surface area contributed by atoms with E-state index in [0.717, 1.165) is 18.2 Å². The van der Waals surface area contributed by atoms with Crippen LogP contribution in [0.3, 0.4) is 0 Å². The summed E-state index contributed by atoms with van der Waals surface area (Å²) in [6.07, 6.45) is 0.649. The molecule has 20 heavy (non-hydrogen) atoms. The van der Waals surface area contributed by atoms with E-state index in [9.17, 15) is 13.6 Å². The Morgan fingerprint density at radius 1 is 1.35 bits per heavy atom. The Labute approximate surface area is 120 Å². The monoisotopic (exact) mass is 300 g/mol. The minimum atomic E-state index is -1.08. The number of ether oxygens (including phenoxy) is 1. The van der Waals surface area contributed by atoms with Gasteiger partial charge in [-0.1, -0.05) is 12.2 Å². The van der Waals surface area contributed by atoms with Gasteiger partial charge >= 0.3 is 0 Å². The number of benzene rings is 1. The fourth-order valence-corrected chi connectivity index (χ4v) is 2.44. The highest BCUT2D eigenvalue weighted by atomic mass is 32.1. The number of amides is 1. The molecule has 1 heterocycles. The third-order valence-electron chi connectivity index (χ3n) is 3.43. The van der Waals surface area contributed by atoms with E-state index in [4.69, 9.17) is 22.7 Å². The maximum atomic E-state index is 13.6. The van der Waals surface area contributed by atoms with Crippen molar-refractivity contribution in [2.75, 3.05) is 18.5 Å². The molecule has 108 valence electrons. The summed E-state index contributed by atoms with van der Waals surface area (Å²) < 4.78 is 31.8. The highest BCUT2D eigenvalue weighted by Crippen LogP contribution is 2.33. The lowest BCUT2D eigenvalue weighted by Crippen LogP contribution is -2.49. The van der Waals surface area contributed by atoms with Crippen molar-refractivity contribution in [1.29, 1.82) is 0 Å². The second-order valence-corrected chi connectivity index (χ2v) is 5.08. The lowest BCUT2D eigenvalue weighted by Gasteiger charge is -2.34. The highest BCUT2D eigenvalue weighted by molar-refractivity contribution is 7.80. The van der Waals surface area contributed by atoms with E-state index >= 15 is 0 Å². The van der Waals surface area contributed by atoms with Crippen LogP contribution in [0.4, 0.5) is 14.5 Å². The minimum absolute atomic E-state index is 0.0371. The molecule has 0 saturated carbocycles. The molecule has 0 atom stereocenters. The van der Waals surface area contributed by atoms with E-state index in [-0.39, 0.29) is 10.7 Å². The quantitative estimate of drug-likeness (QED) is 0.838. The van der Waals surface area contributed by atoms with Gasteiger partial charge in [-0.25, -0.2) is 8.78 Å². The number of anilines is 1. The van der Waals surface area contributed by atoms with Gasteiger partial charge < -0.3 is 15.8 Å². The largest absolute Gasteiger partial charge is 0.392 e.